The maximum atomic E-state index is 5.92. The van der Waals surface area contributed by atoms with Gasteiger partial charge in [0.15, 0.2) is 5.16 Å². The number of hydrogen-bond acceptors (Lipinski definition) is 4. The van der Waals surface area contributed by atoms with E-state index in [4.69, 9.17) is 11.6 Å². The molecule has 2 aromatic rings. The summed E-state index contributed by atoms with van der Waals surface area (Å²) < 4.78 is 1.86. The molecule has 17 heavy (non-hydrogen) atoms. The van der Waals surface area contributed by atoms with Crippen molar-refractivity contribution in [3.63, 3.8) is 0 Å². The van der Waals surface area contributed by atoms with Crippen molar-refractivity contribution in [1.82, 2.24) is 19.5 Å². The fourth-order valence-corrected chi connectivity index (χ4v) is 2.54. The lowest BCUT2D eigenvalue weighted by Gasteiger charge is -2.03. The number of thioether (sulfide) groups is 1. The lowest BCUT2D eigenvalue weighted by atomic mass is 10.4. The molecule has 0 aliphatic heterocycles. The summed E-state index contributed by atoms with van der Waals surface area (Å²) in [6.45, 7) is 3.94. The molecule has 0 bridgehead atoms. The Bertz CT molecular complexity index is 518. The Morgan fingerprint density at radius 2 is 1.94 bits per heavy atom. The van der Waals surface area contributed by atoms with Crippen LogP contribution in [0.3, 0.4) is 0 Å². The maximum absolute atomic E-state index is 5.92. The van der Waals surface area contributed by atoms with Crippen LogP contribution in [0.25, 0.3) is 0 Å². The van der Waals surface area contributed by atoms with Crippen LogP contribution in [0.4, 0.5) is 0 Å². The van der Waals surface area contributed by atoms with Gasteiger partial charge >= 0.3 is 0 Å². The summed E-state index contributed by atoms with van der Waals surface area (Å²) in [5.74, 6) is 1.63. The predicted octanol–water partition coefficient (Wildman–Crippen LogP) is 2.77. The average Bonchev–Trinajstić information content (AvgIpc) is 2.56. The van der Waals surface area contributed by atoms with Gasteiger partial charge in [-0.15, -0.1) is 0 Å². The maximum Gasteiger partial charge on any atom is 0.188 e. The van der Waals surface area contributed by atoms with Gasteiger partial charge in [-0.25, -0.2) is 15.0 Å². The summed E-state index contributed by atoms with van der Waals surface area (Å²) in [7, 11) is 1.90. The molecule has 0 aromatic carbocycles. The summed E-state index contributed by atoms with van der Waals surface area (Å²) in [5.41, 5.74) is 1.97. The summed E-state index contributed by atoms with van der Waals surface area (Å²) in [6, 6.07) is 1.96. The Kier molecular flexibility index (Phi) is 3.69. The Labute approximate surface area is 109 Å². The first kappa shape index (κ1) is 12.4. The van der Waals surface area contributed by atoms with Crippen LogP contribution >= 0.6 is 23.4 Å². The number of aromatic nitrogens is 4. The largest absolute Gasteiger partial charge is 0.322 e. The monoisotopic (exact) mass is 268 g/mol. The number of hydrogen-bond donors (Lipinski definition) is 0. The molecule has 90 valence electrons. The molecule has 0 N–H and O–H groups in total. The molecule has 2 heterocycles. The zero-order valence-corrected chi connectivity index (χ0v) is 11.5. The normalized spacial score (nSPS) is 10.8. The van der Waals surface area contributed by atoms with Gasteiger partial charge in [-0.3, -0.25) is 0 Å². The molecule has 0 unspecified atom stereocenters. The van der Waals surface area contributed by atoms with E-state index in [1.165, 1.54) is 0 Å². The van der Waals surface area contributed by atoms with Crippen LogP contribution in [0.2, 0.25) is 5.15 Å². The lowest BCUT2D eigenvalue weighted by molar-refractivity contribution is 0.844. The van der Waals surface area contributed by atoms with Gasteiger partial charge in [-0.2, -0.15) is 0 Å². The lowest BCUT2D eigenvalue weighted by Crippen LogP contribution is -1.98. The van der Waals surface area contributed by atoms with Gasteiger partial charge in [0.05, 0.1) is 11.9 Å². The second-order valence-corrected chi connectivity index (χ2v) is 5.11. The van der Waals surface area contributed by atoms with Gasteiger partial charge < -0.3 is 4.57 Å². The van der Waals surface area contributed by atoms with E-state index in [1.807, 2.05) is 31.5 Å². The fourth-order valence-electron chi connectivity index (χ4n) is 1.45. The molecule has 4 nitrogen and oxygen atoms in total. The summed E-state index contributed by atoms with van der Waals surface area (Å²) in [5, 5.41) is 1.42. The smallest absolute Gasteiger partial charge is 0.188 e. The minimum absolute atomic E-state index is 0.641. The first-order valence-corrected chi connectivity index (χ1v) is 6.54. The highest BCUT2D eigenvalue weighted by Crippen LogP contribution is 2.20. The molecule has 0 radical (unpaired) electrons. The molecule has 2 rings (SSSR count). The van der Waals surface area contributed by atoms with Gasteiger partial charge in [0, 0.05) is 18.4 Å². The molecule has 0 saturated heterocycles. The second kappa shape index (κ2) is 5.06. The van der Waals surface area contributed by atoms with E-state index < -0.39 is 0 Å². The summed E-state index contributed by atoms with van der Waals surface area (Å²) >= 11 is 7.49. The minimum atomic E-state index is 0.641. The van der Waals surface area contributed by atoms with Crippen molar-refractivity contribution >= 4 is 23.4 Å². The Morgan fingerprint density at radius 3 is 2.47 bits per heavy atom. The zero-order valence-electron chi connectivity index (χ0n) is 9.94. The third-order valence-electron chi connectivity index (χ3n) is 2.32. The first-order chi connectivity index (χ1) is 8.06. The topological polar surface area (TPSA) is 43.6 Å². The first-order valence-electron chi connectivity index (χ1n) is 5.17. The van der Waals surface area contributed by atoms with Gasteiger partial charge in [0.1, 0.15) is 11.0 Å². The fraction of sp³-hybridized carbons (Fsp3) is 0.364. The third-order valence-corrected chi connectivity index (χ3v) is 3.51. The van der Waals surface area contributed by atoms with Gasteiger partial charge in [-0.1, -0.05) is 23.4 Å². The van der Waals surface area contributed by atoms with Crippen LogP contribution in [0.5, 0.6) is 0 Å². The van der Waals surface area contributed by atoms with E-state index in [0.717, 1.165) is 22.4 Å². The highest BCUT2D eigenvalue weighted by atomic mass is 35.5. The van der Waals surface area contributed by atoms with E-state index in [0.29, 0.717) is 10.9 Å². The Hall–Kier alpha value is -1.07. The molecule has 0 aliphatic carbocycles. The summed E-state index contributed by atoms with van der Waals surface area (Å²) in [6.07, 6.45) is 1.65. The zero-order chi connectivity index (χ0) is 12.4. The Balaban J connectivity index is 2.09. The molecule has 2 aromatic heterocycles. The number of aryl methyl sites for hydroxylation is 2. The molecule has 6 heteroatoms. The van der Waals surface area contributed by atoms with Crippen molar-refractivity contribution in [3.8, 4) is 0 Å². The van der Waals surface area contributed by atoms with Crippen LogP contribution in [0.15, 0.2) is 17.4 Å². The standard InChI is InChI=1S/C11H13ClN4S/c1-7-4-8(2)15-11(14-7)17-6-10-13-5-9(12)16(10)3/h4-5H,6H2,1-3H3. The van der Waals surface area contributed by atoms with Crippen LogP contribution in [0.1, 0.15) is 17.2 Å². The Morgan fingerprint density at radius 1 is 1.29 bits per heavy atom. The van der Waals surface area contributed by atoms with Crippen molar-refractivity contribution in [2.24, 2.45) is 7.05 Å². The highest BCUT2D eigenvalue weighted by Gasteiger charge is 2.07. The van der Waals surface area contributed by atoms with Crippen LogP contribution in [-0.4, -0.2) is 19.5 Å². The molecule has 0 spiro atoms. The number of nitrogens with zero attached hydrogens (tertiary/aromatic N) is 4. The van der Waals surface area contributed by atoms with E-state index >= 15 is 0 Å². The van der Waals surface area contributed by atoms with Crippen molar-refractivity contribution < 1.29 is 0 Å². The number of imidazole rings is 1. The van der Waals surface area contributed by atoms with Crippen molar-refractivity contribution in [1.29, 1.82) is 0 Å². The number of rotatable bonds is 3. The SMILES string of the molecule is Cc1cc(C)nc(SCc2ncc(Cl)n2C)n1. The van der Waals surface area contributed by atoms with Crippen molar-refractivity contribution in [2.45, 2.75) is 24.8 Å². The average molecular weight is 269 g/mol. The van der Waals surface area contributed by atoms with E-state index in [1.54, 1.807) is 18.0 Å². The summed E-state index contributed by atoms with van der Waals surface area (Å²) in [4.78, 5) is 13.0. The minimum Gasteiger partial charge on any atom is -0.322 e. The molecule has 0 amide bonds. The van der Waals surface area contributed by atoms with Crippen LogP contribution in [0, 0.1) is 13.8 Å². The molecular formula is C11H13ClN4S. The van der Waals surface area contributed by atoms with Crippen molar-refractivity contribution in [3.05, 3.63) is 34.6 Å². The third kappa shape index (κ3) is 2.98. The molecular weight excluding hydrogens is 256 g/mol. The molecule has 0 aliphatic rings. The quantitative estimate of drug-likeness (QED) is 0.634. The molecule has 0 atom stereocenters. The molecule has 0 saturated carbocycles. The van der Waals surface area contributed by atoms with Crippen LogP contribution < -0.4 is 0 Å². The van der Waals surface area contributed by atoms with E-state index in [-0.39, 0.29) is 0 Å². The van der Waals surface area contributed by atoms with Crippen LogP contribution in [-0.2, 0) is 12.8 Å². The van der Waals surface area contributed by atoms with Gasteiger partial charge in [0.25, 0.3) is 0 Å². The molecule has 0 fully saturated rings. The second-order valence-electron chi connectivity index (χ2n) is 3.78. The van der Waals surface area contributed by atoms with E-state index in [2.05, 4.69) is 15.0 Å². The number of halogens is 1. The highest BCUT2D eigenvalue weighted by molar-refractivity contribution is 7.98. The van der Waals surface area contributed by atoms with Gasteiger partial charge in [0.2, 0.25) is 0 Å². The predicted molar refractivity (Wildman–Crippen MR) is 69.3 cm³/mol. The van der Waals surface area contributed by atoms with Gasteiger partial charge in [-0.05, 0) is 19.9 Å². The van der Waals surface area contributed by atoms with Crippen molar-refractivity contribution in [2.75, 3.05) is 0 Å². The van der Waals surface area contributed by atoms with E-state index in [9.17, 15) is 0 Å².